The lowest BCUT2D eigenvalue weighted by atomic mass is 10.1. The van der Waals surface area contributed by atoms with Crippen molar-refractivity contribution in [3.05, 3.63) is 16.4 Å². The molecule has 0 saturated carbocycles. The van der Waals surface area contributed by atoms with E-state index in [0.717, 1.165) is 4.90 Å². The Morgan fingerprint density at radius 1 is 1.36 bits per heavy atom. The van der Waals surface area contributed by atoms with Gasteiger partial charge < -0.3 is 14.5 Å². The molecule has 3 rings (SSSR count). The van der Waals surface area contributed by atoms with E-state index >= 15 is 0 Å². The van der Waals surface area contributed by atoms with E-state index in [2.05, 4.69) is 4.98 Å². The molecule has 156 valence electrons. The first-order chi connectivity index (χ1) is 13.1. The normalized spacial score (nSPS) is 23.1. The molecule has 0 aromatic carbocycles. The monoisotopic (exact) mass is 402 g/mol. The topological polar surface area (TPSA) is 67.7 Å². The molecular formula is C18H25F3N4O3. The maximum absolute atomic E-state index is 13.6. The molecular weight excluding hydrogens is 377 g/mol. The highest BCUT2D eigenvalue weighted by Crippen LogP contribution is 2.34. The number of nitrogens with zero attached hydrogens (tertiary/aromatic N) is 4. The molecule has 0 aliphatic carbocycles. The second-order valence-corrected chi connectivity index (χ2v) is 7.63. The molecule has 1 unspecified atom stereocenters. The Labute approximate surface area is 161 Å². The van der Waals surface area contributed by atoms with Crippen molar-refractivity contribution in [2.24, 2.45) is 5.92 Å². The number of hydrogen-bond acceptors (Lipinski definition) is 6. The van der Waals surface area contributed by atoms with Crippen LogP contribution < -0.4 is 15.4 Å². The third-order valence-electron chi connectivity index (χ3n) is 5.15. The van der Waals surface area contributed by atoms with Crippen molar-refractivity contribution >= 4 is 17.5 Å². The first kappa shape index (κ1) is 20.6. The summed E-state index contributed by atoms with van der Waals surface area (Å²) in [5.41, 5.74) is -0.415. The van der Waals surface area contributed by atoms with Gasteiger partial charge in [0.1, 0.15) is 11.9 Å². The highest BCUT2D eigenvalue weighted by Gasteiger charge is 2.47. The maximum atomic E-state index is 13.6. The molecule has 28 heavy (non-hydrogen) atoms. The van der Waals surface area contributed by atoms with Crippen molar-refractivity contribution in [2.45, 2.75) is 52.1 Å². The van der Waals surface area contributed by atoms with Crippen LogP contribution >= 0.6 is 0 Å². The average molecular weight is 402 g/mol. The summed E-state index contributed by atoms with van der Waals surface area (Å²) in [5.74, 6) is -0.526. The van der Waals surface area contributed by atoms with Crippen LogP contribution in [0.4, 0.5) is 24.9 Å². The van der Waals surface area contributed by atoms with E-state index in [9.17, 15) is 22.8 Å². The number of ketones is 1. The largest absolute Gasteiger partial charge is 0.408 e. The predicted octanol–water partition coefficient (Wildman–Crippen LogP) is 1.83. The van der Waals surface area contributed by atoms with Crippen molar-refractivity contribution in [1.29, 1.82) is 0 Å². The Kier molecular flexibility index (Phi) is 5.69. The number of halogens is 3. The zero-order chi connectivity index (χ0) is 20.6. The van der Waals surface area contributed by atoms with Crippen molar-refractivity contribution in [3.8, 4) is 0 Å². The second kappa shape index (κ2) is 7.73. The van der Waals surface area contributed by atoms with Gasteiger partial charge in [-0.1, -0.05) is 13.8 Å². The van der Waals surface area contributed by atoms with E-state index < -0.39 is 30.2 Å². The fourth-order valence-corrected chi connectivity index (χ4v) is 3.52. The van der Waals surface area contributed by atoms with Gasteiger partial charge in [-0.2, -0.15) is 18.2 Å². The molecule has 0 spiro atoms. The highest BCUT2D eigenvalue weighted by molar-refractivity contribution is 5.85. The van der Waals surface area contributed by atoms with Gasteiger partial charge in [0.05, 0.1) is 19.3 Å². The van der Waals surface area contributed by atoms with Gasteiger partial charge >= 0.3 is 6.18 Å². The van der Waals surface area contributed by atoms with Crippen molar-refractivity contribution < 1.29 is 22.7 Å². The molecule has 7 nitrogen and oxygen atoms in total. The van der Waals surface area contributed by atoms with Gasteiger partial charge in [-0.3, -0.25) is 14.2 Å². The van der Waals surface area contributed by atoms with E-state index in [1.165, 1.54) is 10.6 Å². The number of fused-ring (bicyclic) bond motifs is 1. The quantitative estimate of drug-likeness (QED) is 0.766. The first-order valence-corrected chi connectivity index (χ1v) is 9.42. The predicted molar refractivity (Wildman–Crippen MR) is 97.8 cm³/mol. The number of Topliss-reactive ketones (excluding diaryl/α,β-unsaturated/α-hetero) is 1. The minimum absolute atomic E-state index is 0.0733. The second-order valence-electron chi connectivity index (χ2n) is 7.63. The number of morpholine rings is 1. The summed E-state index contributed by atoms with van der Waals surface area (Å²) in [6, 6.07) is -0.501. The zero-order valence-electron chi connectivity index (χ0n) is 16.2. The molecule has 0 radical (unpaired) electrons. The van der Waals surface area contributed by atoms with Crippen LogP contribution in [0.5, 0.6) is 0 Å². The third-order valence-corrected chi connectivity index (χ3v) is 5.15. The van der Waals surface area contributed by atoms with Crippen molar-refractivity contribution in [1.82, 2.24) is 9.55 Å². The number of alkyl halides is 3. The number of aromatic nitrogens is 2. The Hall–Kier alpha value is -2.10. The summed E-state index contributed by atoms with van der Waals surface area (Å²) in [5, 5.41) is 0. The molecule has 10 heteroatoms. The Morgan fingerprint density at radius 3 is 2.68 bits per heavy atom. The summed E-state index contributed by atoms with van der Waals surface area (Å²) < 4.78 is 47.6. The molecule has 2 aliphatic heterocycles. The van der Waals surface area contributed by atoms with Crippen LogP contribution in [0.2, 0.25) is 0 Å². The number of ether oxygens (including phenoxy) is 1. The van der Waals surface area contributed by atoms with Crippen molar-refractivity contribution in [3.63, 3.8) is 0 Å². The van der Waals surface area contributed by atoms with E-state index in [-0.39, 0.29) is 30.8 Å². The summed E-state index contributed by atoms with van der Waals surface area (Å²) in [7, 11) is 0. The third kappa shape index (κ3) is 4.16. The first-order valence-electron chi connectivity index (χ1n) is 9.42. The van der Waals surface area contributed by atoms with E-state index in [1.807, 2.05) is 11.8 Å². The number of rotatable bonds is 4. The van der Waals surface area contributed by atoms with Crippen LogP contribution in [0.25, 0.3) is 0 Å². The molecule has 1 saturated heterocycles. The summed E-state index contributed by atoms with van der Waals surface area (Å²) in [4.78, 5) is 32.0. The van der Waals surface area contributed by atoms with Gasteiger partial charge in [-0.25, -0.2) is 0 Å². The summed E-state index contributed by atoms with van der Waals surface area (Å²) in [6.45, 7) is 6.07. The lowest BCUT2D eigenvalue weighted by Crippen LogP contribution is -2.54. The molecule has 3 heterocycles. The Bertz CT molecular complexity index is 793. The molecule has 0 bridgehead atoms. The molecule has 2 atom stereocenters. The summed E-state index contributed by atoms with van der Waals surface area (Å²) >= 11 is 0. The molecule has 0 N–H and O–H groups in total. The minimum Gasteiger partial charge on any atom is -0.375 e. The highest BCUT2D eigenvalue weighted by atomic mass is 19.4. The van der Waals surface area contributed by atoms with Crippen LogP contribution in [0.1, 0.15) is 27.2 Å². The number of carbonyl (C=O) groups is 1. The van der Waals surface area contributed by atoms with Gasteiger partial charge in [0.2, 0.25) is 5.95 Å². The summed E-state index contributed by atoms with van der Waals surface area (Å²) in [6.07, 6.45) is -4.89. The van der Waals surface area contributed by atoms with Crippen LogP contribution in [0.15, 0.2) is 10.9 Å². The standard InChI is InChI=1S/C18H25F3N4O3/c1-11(2)13(26)10-25-14(18(19,20)21)4-5-24-16(27)8-15(22-17(24)25)23-6-7-28-12(3)9-23/h8,11-12,14H,4-7,9-10H2,1-3H3/t12?,14-/m0/s1. The van der Waals surface area contributed by atoms with Gasteiger partial charge in [-0.05, 0) is 13.3 Å². The SMILES string of the molecule is CC1CN(c2cc(=O)n3c(n2)N(CC(=O)C(C)C)[C@H](C(F)(F)F)CC3)CCO1. The van der Waals surface area contributed by atoms with Crippen LogP contribution in [0, 0.1) is 5.92 Å². The molecule has 1 aromatic heterocycles. The van der Waals surface area contributed by atoms with Crippen LogP contribution in [-0.4, -0.2) is 59.9 Å². The average Bonchev–Trinajstić information content (AvgIpc) is 2.60. The smallest absolute Gasteiger partial charge is 0.375 e. The molecule has 2 aliphatic rings. The maximum Gasteiger partial charge on any atom is 0.408 e. The number of anilines is 2. The van der Waals surface area contributed by atoms with E-state index in [1.54, 1.807) is 13.8 Å². The molecule has 1 aromatic rings. The molecule has 0 amide bonds. The van der Waals surface area contributed by atoms with Crippen LogP contribution in [-0.2, 0) is 16.1 Å². The van der Waals surface area contributed by atoms with Gasteiger partial charge in [0, 0.05) is 31.6 Å². The fourth-order valence-electron chi connectivity index (χ4n) is 3.52. The van der Waals surface area contributed by atoms with E-state index in [4.69, 9.17) is 4.74 Å². The Balaban J connectivity index is 2.04. The van der Waals surface area contributed by atoms with Gasteiger partial charge in [0.15, 0.2) is 5.78 Å². The minimum atomic E-state index is -4.52. The number of hydrogen-bond donors (Lipinski definition) is 0. The number of carbonyl (C=O) groups excluding carboxylic acids is 1. The Morgan fingerprint density at radius 2 is 2.07 bits per heavy atom. The van der Waals surface area contributed by atoms with Gasteiger partial charge in [0.25, 0.3) is 5.56 Å². The fraction of sp³-hybridized carbons (Fsp3) is 0.722. The molecule has 1 fully saturated rings. The lowest BCUT2D eigenvalue weighted by molar-refractivity contribution is -0.153. The van der Waals surface area contributed by atoms with E-state index in [0.29, 0.717) is 25.5 Å². The zero-order valence-corrected chi connectivity index (χ0v) is 16.2. The van der Waals surface area contributed by atoms with Gasteiger partial charge in [-0.15, -0.1) is 0 Å². The lowest BCUT2D eigenvalue weighted by Gasteiger charge is -2.39. The van der Waals surface area contributed by atoms with Crippen molar-refractivity contribution in [2.75, 3.05) is 36.0 Å². The van der Waals surface area contributed by atoms with Crippen LogP contribution in [0.3, 0.4) is 0 Å².